The van der Waals surface area contributed by atoms with Crippen molar-refractivity contribution in [3.8, 4) is 11.5 Å². The average molecular weight is 310 g/mol. The molecule has 0 unspecified atom stereocenters. The van der Waals surface area contributed by atoms with Crippen molar-refractivity contribution in [1.29, 1.82) is 0 Å². The number of methoxy groups -OCH3 is 2. The molecular formula is C13H12BrNO3. The maximum atomic E-state index is 8.75. The van der Waals surface area contributed by atoms with Crippen LogP contribution in [0.2, 0.25) is 0 Å². The van der Waals surface area contributed by atoms with Gasteiger partial charge >= 0.3 is 0 Å². The number of benzene rings is 2. The highest BCUT2D eigenvalue weighted by molar-refractivity contribution is 9.10. The normalized spacial score (nSPS) is 11.1. The first-order chi connectivity index (χ1) is 8.72. The summed E-state index contributed by atoms with van der Waals surface area (Å²) in [5.41, 5.74) is 0.723. The minimum absolute atomic E-state index is 0.650. The van der Waals surface area contributed by atoms with Gasteiger partial charge in [-0.15, -0.1) is 0 Å². The van der Waals surface area contributed by atoms with E-state index in [1.807, 2.05) is 24.3 Å². The second-order valence-corrected chi connectivity index (χ2v) is 4.40. The Balaban J connectivity index is 2.82. The lowest BCUT2D eigenvalue weighted by molar-refractivity contribution is 0.321. The molecular weight excluding hydrogens is 298 g/mol. The van der Waals surface area contributed by atoms with Crippen LogP contribution in [0.4, 0.5) is 0 Å². The number of fused-ring (bicyclic) bond motifs is 1. The fraction of sp³-hybridized carbons (Fsp3) is 0.154. The third kappa shape index (κ3) is 2.01. The first kappa shape index (κ1) is 12.7. The second kappa shape index (κ2) is 5.27. The van der Waals surface area contributed by atoms with E-state index in [9.17, 15) is 0 Å². The smallest absolute Gasteiger partial charge is 0.133 e. The number of rotatable bonds is 3. The zero-order valence-electron chi connectivity index (χ0n) is 9.98. The maximum Gasteiger partial charge on any atom is 0.133 e. The Bertz CT molecular complexity index is 611. The summed E-state index contributed by atoms with van der Waals surface area (Å²) in [7, 11) is 3.19. The molecule has 0 aromatic heterocycles. The largest absolute Gasteiger partial charge is 0.496 e. The third-order valence-corrected chi connectivity index (χ3v) is 3.55. The van der Waals surface area contributed by atoms with Crippen LogP contribution in [-0.4, -0.2) is 25.6 Å². The van der Waals surface area contributed by atoms with Crippen LogP contribution < -0.4 is 9.47 Å². The minimum atomic E-state index is 0.650. The molecule has 5 heteroatoms. The molecule has 4 nitrogen and oxygen atoms in total. The van der Waals surface area contributed by atoms with Gasteiger partial charge in [0.15, 0.2) is 0 Å². The molecule has 2 aromatic carbocycles. The van der Waals surface area contributed by atoms with E-state index < -0.39 is 0 Å². The van der Waals surface area contributed by atoms with Gasteiger partial charge in [0.25, 0.3) is 0 Å². The molecule has 0 radical (unpaired) electrons. The van der Waals surface area contributed by atoms with Gasteiger partial charge in [-0.3, -0.25) is 0 Å². The molecule has 0 aliphatic rings. The summed E-state index contributed by atoms with van der Waals surface area (Å²) < 4.78 is 11.4. The van der Waals surface area contributed by atoms with Crippen molar-refractivity contribution in [2.45, 2.75) is 0 Å². The Morgan fingerprint density at radius 1 is 1.06 bits per heavy atom. The van der Waals surface area contributed by atoms with Crippen LogP contribution in [0.25, 0.3) is 10.8 Å². The predicted molar refractivity (Wildman–Crippen MR) is 74.1 cm³/mol. The first-order valence-corrected chi connectivity index (χ1v) is 6.02. The predicted octanol–water partition coefficient (Wildman–Crippen LogP) is 3.43. The number of nitrogens with zero attached hydrogens (tertiary/aromatic N) is 1. The van der Waals surface area contributed by atoms with E-state index in [4.69, 9.17) is 14.7 Å². The van der Waals surface area contributed by atoms with E-state index in [0.29, 0.717) is 5.75 Å². The van der Waals surface area contributed by atoms with Crippen molar-refractivity contribution in [2.75, 3.05) is 14.2 Å². The highest BCUT2D eigenvalue weighted by Gasteiger charge is 2.11. The minimum Gasteiger partial charge on any atom is -0.496 e. The summed E-state index contributed by atoms with van der Waals surface area (Å²) in [6.45, 7) is 0. The summed E-state index contributed by atoms with van der Waals surface area (Å²) in [4.78, 5) is 0. The van der Waals surface area contributed by atoms with Crippen LogP contribution in [-0.2, 0) is 0 Å². The highest BCUT2D eigenvalue weighted by atomic mass is 79.9. The Morgan fingerprint density at radius 3 is 2.28 bits per heavy atom. The van der Waals surface area contributed by atoms with Crippen molar-refractivity contribution in [1.82, 2.24) is 0 Å². The average Bonchev–Trinajstić information content (AvgIpc) is 2.40. The molecule has 0 aliphatic heterocycles. The second-order valence-electron chi connectivity index (χ2n) is 3.60. The zero-order valence-corrected chi connectivity index (χ0v) is 11.6. The van der Waals surface area contributed by atoms with Crippen LogP contribution in [0, 0.1) is 0 Å². The summed E-state index contributed by atoms with van der Waals surface area (Å²) in [5, 5.41) is 13.7. The lowest BCUT2D eigenvalue weighted by Crippen LogP contribution is -1.94. The number of hydrogen-bond donors (Lipinski definition) is 1. The van der Waals surface area contributed by atoms with Crippen LogP contribution in [0.15, 0.2) is 33.9 Å². The quantitative estimate of drug-likeness (QED) is 0.537. The van der Waals surface area contributed by atoms with Crippen LogP contribution in [0.5, 0.6) is 11.5 Å². The van der Waals surface area contributed by atoms with Crippen molar-refractivity contribution in [3.63, 3.8) is 0 Å². The van der Waals surface area contributed by atoms with Gasteiger partial charge in [0.05, 0.1) is 24.9 Å². The molecule has 0 bridgehead atoms. The third-order valence-electron chi connectivity index (χ3n) is 2.73. The molecule has 18 heavy (non-hydrogen) atoms. The summed E-state index contributed by atoms with van der Waals surface area (Å²) >= 11 is 3.50. The maximum absolute atomic E-state index is 8.75. The fourth-order valence-corrected chi connectivity index (χ4v) is 2.52. The molecule has 0 amide bonds. The zero-order chi connectivity index (χ0) is 13.1. The van der Waals surface area contributed by atoms with Crippen molar-refractivity contribution >= 4 is 32.9 Å². The molecule has 2 rings (SSSR count). The van der Waals surface area contributed by atoms with Gasteiger partial charge in [0.2, 0.25) is 0 Å². The van der Waals surface area contributed by atoms with Gasteiger partial charge in [-0.25, -0.2) is 0 Å². The Labute approximate surface area is 113 Å². The molecule has 0 fully saturated rings. The Morgan fingerprint density at radius 2 is 1.67 bits per heavy atom. The molecule has 94 valence electrons. The van der Waals surface area contributed by atoms with Gasteiger partial charge in [-0.2, -0.15) is 0 Å². The van der Waals surface area contributed by atoms with Crippen LogP contribution in [0.3, 0.4) is 0 Å². The van der Waals surface area contributed by atoms with Gasteiger partial charge in [0, 0.05) is 10.9 Å². The number of ether oxygens (including phenoxy) is 2. The van der Waals surface area contributed by atoms with E-state index in [0.717, 1.165) is 26.6 Å². The van der Waals surface area contributed by atoms with Gasteiger partial charge in [-0.1, -0.05) is 5.16 Å². The standard InChI is InChI=1S/C13H12BrNO3/c1-17-11-5-4-9-8(10(11)7-15-16)3-6-12(18-2)13(9)14/h3-7,16H,1-2H3/b15-7+. The van der Waals surface area contributed by atoms with E-state index in [2.05, 4.69) is 21.1 Å². The van der Waals surface area contributed by atoms with Crippen LogP contribution in [0.1, 0.15) is 5.56 Å². The number of halogens is 1. The summed E-state index contributed by atoms with van der Waals surface area (Å²) in [6, 6.07) is 7.50. The van der Waals surface area contributed by atoms with Crippen molar-refractivity contribution in [2.24, 2.45) is 5.16 Å². The molecule has 0 saturated heterocycles. The van der Waals surface area contributed by atoms with Gasteiger partial charge < -0.3 is 14.7 Å². The van der Waals surface area contributed by atoms with E-state index in [1.54, 1.807) is 14.2 Å². The highest BCUT2D eigenvalue weighted by Crippen LogP contribution is 2.36. The van der Waals surface area contributed by atoms with Gasteiger partial charge in [-0.05, 0) is 45.6 Å². The Kier molecular flexibility index (Phi) is 3.72. The first-order valence-electron chi connectivity index (χ1n) is 5.23. The Hall–Kier alpha value is -1.75. The fourth-order valence-electron chi connectivity index (χ4n) is 1.88. The molecule has 2 aromatic rings. The van der Waals surface area contributed by atoms with E-state index in [1.165, 1.54) is 6.21 Å². The van der Waals surface area contributed by atoms with Crippen molar-refractivity contribution in [3.05, 3.63) is 34.3 Å². The topological polar surface area (TPSA) is 51.0 Å². The molecule has 0 atom stereocenters. The van der Waals surface area contributed by atoms with E-state index in [-0.39, 0.29) is 0 Å². The van der Waals surface area contributed by atoms with E-state index >= 15 is 0 Å². The molecule has 0 heterocycles. The van der Waals surface area contributed by atoms with Crippen molar-refractivity contribution < 1.29 is 14.7 Å². The van der Waals surface area contributed by atoms with Crippen LogP contribution >= 0.6 is 15.9 Å². The van der Waals surface area contributed by atoms with Gasteiger partial charge in [0.1, 0.15) is 11.5 Å². The molecule has 1 N–H and O–H groups in total. The lowest BCUT2D eigenvalue weighted by Gasteiger charge is -2.11. The number of hydrogen-bond acceptors (Lipinski definition) is 4. The number of oxime groups is 1. The molecule has 0 spiro atoms. The molecule has 0 saturated carbocycles. The summed E-state index contributed by atoms with van der Waals surface area (Å²) in [6.07, 6.45) is 1.36. The SMILES string of the molecule is COc1ccc2c(/C=N/O)c(OC)ccc2c1Br. The monoisotopic (exact) mass is 309 g/mol. The lowest BCUT2D eigenvalue weighted by atomic mass is 10.0. The molecule has 0 aliphatic carbocycles. The summed E-state index contributed by atoms with van der Waals surface area (Å²) in [5.74, 6) is 1.40.